The molecule has 1 aliphatic carbocycles. The summed E-state index contributed by atoms with van der Waals surface area (Å²) in [6, 6.07) is 9.61. The maximum Gasteiger partial charge on any atom is 0.199 e. The van der Waals surface area contributed by atoms with Crippen molar-refractivity contribution in [1.82, 2.24) is 0 Å². The molecular formula is C16H21N2+. The summed E-state index contributed by atoms with van der Waals surface area (Å²) in [4.78, 5) is 0. The van der Waals surface area contributed by atoms with Crippen molar-refractivity contribution in [2.24, 2.45) is 5.73 Å². The molecule has 2 heteroatoms. The van der Waals surface area contributed by atoms with E-state index < -0.39 is 0 Å². The molecule has 0 amide bonds. The van der Waals surface area contributed by atoms with Crippen molar-refractivity contribution in [3.8, 4) is 0 Å². The third-order valence-electron chi connectivity index (χ3n) is 3.99. The number of benzene rings is 1. The molecule has 1 saturated carbocycles. The zero-order chi connectivity index (χ0) is 12.7. The van der Waals surface area contributed by atoms with Crippen LogP contribution in [0.4, 0.5) is 0 Å². The lowest BCUT2D eigenvalue weighted by Gasteiger charge is -2.11. The van der Waals surface area contributed by atoms with Crippen molar-refractivity contribution in [2.75, 3.05) is 0 Å². The number of nitrogens with two attached hydrogens (primary N) is 1. The highest BCUT2D eigenvalue weighted by atomic mass is 15.0. The van der Waals surface area contributed by atoms with Crippen LogP contribution >= 0.6 is 0 Å². The van der Waals surface area contributed by atoms with Gasteiger partial charge in [0.15, 0.2) is 17.9 Å². The fourth-order valence-corrected chi connectivity index (χ4v) is 2.63. The molecule has 1 atom stereocenters. The van der Waals surface area contributed by atoms with Gasteiger partial charge in [-0.2, -0.15) is 4.57 Å². The smallest absolute Gasteiger partial charge is 0.199 e. The van der Waals surface area contributed by atoms with E-state index in [1.54, 1.807) is 0 Å². The summed E-state index contributed by atoms with van der Waals surface area (Å²) in [5.41, 5.74) is 8.90. The van der Waals surface area contributed by atoms with E-state index in [0.717, 1.165) is 6.42 Å². The number of aryl methyl sites for hydroxylation is 1. The maximum absolute atomic E-state index is 6.27. The molecule has 0 unspecified atom stereocenters. The van der Waals surface area contributed by atoms with Gasteiger partial charge in [-0.1, -0.05) is 25.1 Å². The van der Waals surface area contributed by atoms with E-state index >= 15 is 0 Å². The lowest BCUT2D eigenvalue weighted by molar-refractivity contribution is -0.707. The number of hydrogen-bond donors (Lipinski definition) is 1. The number of rotatable bonds is 3. The largest absolute Gasteiger partial charge is 0.319 e. The third kappa shape index (κ3) is 1.91. The number of fused-ring (bicyclic) bond motifs is 1. The van der Waals surface area contributed by atoms with E-state index in [-0.39, 0.29) is 6.04 Å². The van der Waals surface area contributed by atoms with Gasteiger partial charge in [-0.15, -0.1) is 0 Å². The van der Waals surface area contributed by atoms with Gasteiger partial charge < -0.3 is 5.73 Å². The molecule has 2 N–H and O–H groups in total. The SMILES string of the molecule is CC[C@H](N)c1cc2cccc(C)c2c[n+]1C1CC1. The monoisotopic (exact) mass is 241 g/mol. The van der Waals surface area contributed by atoms with Gasteiger partial charge >= 0.3 is 0 Å². The number of aromatic nitrogens is 1. The van der Waals surface area contributed by atoms with Crippen LogP contribution in [0.25, 0.3) is 10.8 Å². The average molecular weight is 241 g/mol. The van der Waals surface area contributed by atoms with Gasteiger partial charge in [-0.3, -0.25) is 0 Å². The number of nitrogens with zero attached hydrogens (tertiary/aromatic N) is 1. The van der Waals surface area contributed by atoms with E-state index in [2.05, 4.69) is 48.9 Å². The molecule has 1 fully saturated rings. The Labute approximate surface area is 108 Å². The number of hydrogen-bond acceptors (Lipinski definition) is 1. The zero-order valence-corrected chi connectivity index (χ0v) is 11.2. The standard InChI is InChI=1S/C16H21N2/c1-3-15(17)16-9-12-6-4-5-11(2)14(12)10-18(16)13-7-8-13/h4-6,9-10,13,15H,3,7-8,17H2,1-2H3/q+1/t15-/m0/s1. The first-order valence-electron chi connectivity index (χ1n) is 6.90. The minimum Gasteiger partial charge on any atom is -0.319 e. The Balaban J connectivity index is 2.23. The molecule has 0 radical (unpaired) electrons. The molecule has 1 aromatic heterocycles. The molecule has 1 aliphatic rings. The summed E-state index contributed by atoms with van der Waals surface area (Å²) in [6.45, 7) is 4.33. The predicted octanol–water partition coefficient (Wildman–Crippen LogP) is 3.18. The van der Waals surface area contributed by atoms with Crippen LogP contribution in [0.2, 0.25) is 0 Å². The molecule has 0 bridgehead atoms. The molecule has 3 rings (SSSR count). The Kier molecular flexibility index (Phi) is 2.83. The van der Waals surface area contributed by atoms with Gasteiger partial charge in [0, 0.05) is 24.3 Å². The van der Waals surface area contributed by atoms with Crippen molar-refractivity contribution in [3.63, 3.8) is 0 Å². The minimum absolute atomic E-state index is 0.149. The van der Waals surface area contributed by atoms with E-state index in [1.807, 2.05) is 0 Å². The lowest BCUT2D eigenvalue weighted by atomic mass is 10.0. The highest BCUT2D eigenvalue weighted by molar-refractivity contribution is 5.84. The first-order chi connectivity index (χ1) is 8.70. The summed E-state index contributed by atoms with van der Waals surface area (Å²) in [6.07, 6.45) is 5.90. The maximum atomic E-state index is 6.27. The molecule has 2 nitrogen and oxygen atoms in total. The molecular weight excluding hydrogens is 220 g/mol. The lowest BCUT2D eigenvalue weighted by Crippen LogP contribution is -2.40. The van der Waals surface area contributed by atoms with Crippen LogP contribution < -0.4 is 10.3 Å². The van der Waals surface area contributed by atoms with Crippen LogP contribution in [-0.4, -0.2) is 0 Å². The summed E-state index contributed by atoms with van der Waals surface area (Å²) in [7, 11) is 0. The first-order valence-corrected chi connectivity index (χ1v) is 6.90. The van der Waals surface area contributed by atoms with E-state index in [9.17, 15) is 0 Å². The van der Waals surface area contributed by atoms with Crippen molar-refractivity contribution >= 4 is 10.8 Å². The summed E-state index contributed by atoms with van der Waals surface area (Å²) < 4.78 is 2.42. The second-order valence-electron chi connectivity index (χ2n) is 5.43. The van der Waals surface area contributed by atoms with Crippen molar-refractivity contribution in [1.29, 1.82) is 0 Å². The molecule has 2 aromatic rings. The first kappa shape index (κ1) is 11.7. The molecule has 0 spiro atoms. The van der Waals surface area contributed by atoms with Gasteiger partial charge in [0.1, 0.15) is 0 Å². The third-order valence-corrected chi connectivity index (χ3v) is 3.99. The topological polar surface area (TPSA) is 29.9 Å². The normalized spacial score (nSPS) is 17.1. The van der Waals surface area contributed by atoms with Crippen LogP contribution in [0, 0.1) is 6.92 Å². The molecule has 0 aliphatic heterocycles. The van der Waals surface area contributed by atoms with Gasteiger partial charge in [0.2, 0.25) is 0 Å². The Hall–Kier alpha value is -1.41. The second kappa shape index (κ2) is 4.36. The Morgan fingerprint density at radius 2 is 2.17 bits per heavy atom. The molecule has 94 valence electrons. The van der Waals surface area contributed by atoms with Gasteiger partial charge in [-0.25, -0.2) is 0 Å². The van der Waals surface area contributed by atoms with E-state index in [4.69, 9.17) is 5.73 Å². The summed E-state index contributed by atoms with van der Waals surface area (Å²) in [5.74, 6) is 0. The van der Waals surface area contributed by atoms with Crippen LogP contribution in [-0.2, 0) is 0 Å². The highest BCUT2D eigenvalue weighted by Gasteiger charge is 2.35. The Bertz CT molecular complexity index is 585. The van der Waals surface area contributed by atoms with Gasteiger partial charge in [0.25, 0.3) is 0 Å². The van der Waals surface area contributed by atoms with Gasteiger partial charge in [0.05, 0.1) is 6.04 Å². The highest BCUT2D eigenvalue weighted by Crippen LogP contribution is 2.32. The van der Waals surface area contributed by atoms with Crippen LogP contribution in [0.5, 0.6) is 0 Å². The second-order valence-corrected chi connectivity index (χ2v) is 5.43. The van der Waals surface area contributed by atoms with Crippen molar-refractivity contribution in [3.05, 3.63) is 41.7 Å². The minimum atomic E-state index is 0.149. The van der Waals surface area contributed by atoms with Crippen LogP contribution in [0.15, 0.2) is 30.5 Å². The Morgan fingerprint density at radius 3 is 2.83 bits per heavy atom. The zero-order valence-electron chi connectivity index (χ0n) is 11.2. The molecule has 1 heterocycles. The predicted molar refractivity (Wildman–Crippen MR) is 74.4 cm³/mol. The summed E-state index contributed by atoms with van der Waals surface area (Å²) >= 11 is 0. The van der Waals surface area contributed by atoms with Gasteiger partial charge in [-0.05, 0) is 24.3 Å². The van der Waals surface area contributed by atoms with E-state index in [1.165, 1.54) is 34.9 Å². The molecule has 18 heavy (non-hydrogen) atoms. The van der Waals surface area contributed by atoms with Crippen molar-refractivity contribution in [2.45, 2.75) is 45.2 Å². The molecule has 1 aromatic carbocycles. The van der Waals surface area contributed by atoms with Crippen LogP contribution in [0.1, 0.15) is 49.5 Å². The fraction of sp³-hybridized carbons (Fsp3) is 0.438. The van der Waals surface area contributed by atoms with E-state index in [0.29, 0.717) is 6.04 Å². The fourth-order valence-electron chi connectivity index (χ4n) is 2.63. The Morgan fingerprint density at radius 1 is 1.39 bits per heavy atom. The summed E-state index contributed by atoms with van der Waals surface area (Å²) in [5, 5.41) is 2.67. The number of pyridine rings is 1. The quantitative estimate of drug-likeness (QED) is 0.822. The van der Waals surface area contributed by atoms with Crippen molar-refractivity contribution < 1.29 is 4.57 Å². The van der Waals surface area contributed by atoms with Crippen LogP contribution in [0.3, 0.4) is 0 Å². The molecule has 0 saturated heterocycles. The average Bonchev–Trinajstić information content (AvgIpc) is 3.21.